The summed E-state index contributed by atoms with van der Waals surface area (Å²) in [6.45, 7) is 4.24. The summed E-state index contributed by atoms with van der Waals surface area (Å²) in [5.74, 6) is 5.64. The lowest BCUT2D eigenvalue weighted by Crippen LogP contribution is -2.32. The van der Waals surface area contributed by atoms with E-state index in [1.54, 1.807) is 19.1 Å². The third-order valence-electron chi connectivity index (χ3n) is 4.69. The van der Waals surface area contributed by atoms with Gasteiger partial charge in [-0.05, 0) is 37.5 Å². The molecule has 1 aromatic heterocycles. The molecule has 0 spiro atoms. The van der Waals surface area contributed by atoms with Gasteiger partial charge in [-0.15, -0.1) is 23.2 Å². The fourth-order valence-electron chi connectivity index (χ4n) is 2.94. The Hall–Kier alpha value is -2.36. The van der Waals surface area contributed by atoms with Gasteiger partial charge in [-0.2, -0.15) is 0 Å². The van der Waals surface area contributed by atoms with Crippen molar-refractivity contribution in [2.75, 3.05) is 13.7 Å². The average molecular weight is 402 g/mol. The van der Waals surface area contributed by atoms with Crippen LogP contribution in [0.3, 0.4) is 0 Å². The molecule has 0 radical (unpaired) electrons. The molecule has 28 heavy (non-hydrogen) atoms. The quantitative estimate of drug-likeness (QED) is 0.411. The zero-order valence-corrected chi connectivity index (χ0v) is 17.4. The molecule has 2 heterocycles. The van der Waals surface area contributed by atoms with Crippen molar-refractivity contribution < 1.29 is 19.4 Å². The molecule has 0 bridgehead atoms. The molecule has 1 aromatic rings. The highest BCUT2D eigenvalue weighted by Gasteiger charge is 2.28. The van der Waals surface area contributed by atoms with E-state index in [1.165, 1.54) is 18.4 Å². The molecule has 3 atom stereocenters. The van der Waals surface area contributed by atoms with Gasteiger partial charge in [0.15, 0.2) is 0 Å². The number of hydrogen-bond acceptors (Lipinski definition) is 5. The Kier molecular flexibility index (Phi) is 8.49. The van der Waals surface area contributed by atoms with Crippen LogP contribution >= 0.6 is 11.3 Å². The van der Waals surface area contributed by atoms with Gasteiger partial charge in [0.1, 0.15) is 4.88 Å². The van der Waals surface area contributed by atoms with Gasteiger partial charge < -0.3 is 14.7 Å². The number of esters is 1. The lowest BCUT2D eigenvalue weighted by Gasteiger charge is -2.21. The summed E-state index contributed by atoms with van der Waals surface area (Å²) in [5.41, 5.74) is 0. The molecule has 1 fully saturated rings. The third kappa shape index (κ3) is 6.08. The molecule has 2 rings (SSSR count). The summed E-state index contributed by atoms with van der Waals surface area (Å²) >= 11 is 1.35. The smallest absolute Gasteiger partial charge is 0.348 e. The molecule has 1 saturated heterocycles. The van der Waals surface area contributed by atoms with Crippen LogP contribution in [0.15, 0.2) is 30.4 Å². The van der Waals surface area contributed by atoms with E-state index >= 15 is 0 Å². The van der Waals surface area contributed by atoms with E-state index in [0.717, 1.165) is 11.3 Å². The van der Waals surface area contributed by atoms with Crippen LogP contribution in [-0.2, 0) is 9.53 Å². The number of aliphatic hydroxyl groups is 1. The number of hydrogen-bond donors (Lipinski definition) is 1. The van der Waals surface area contributed by atoms with E-state index in [9.17, 15) is 14.7 Å². The molecule has 0 aliphatic carbocycles. The van der Waals surface area contributed by atoms with Gasteiger partial charge in [-0.25, -0.2) is 4.79 Å². The second-order valence-corrected chi connectivity index (χ2v) is 7.85. The van der Waals surface area contributed by atoms with Crippen LogP contribution in [0.2, 0.25) is 0 Å². The average Bonchev–Trinajstić information content (AvgIpc) is 3.31. The molecular weight excluding hydrogens is 374 g/mol. The summed E-state index contributed by atoms with van der Waals surface area (Å²) in [4.78, 5) is 27.0. The number of thiophene rings is 1. The van der Waals surface area contributed by atoms with Crippen LogP contribution in [0.25, 0.3) is 6.08 Å². The van der Waals surface area contributed by atoms with Crippen molar-refractivity contribution in [3.8, 4) is 11.8 Å². The number of rotatable bonds is 8. The molecule has 1 amide bonds. The molecule has 5 nitrogen and oxygen atoms in total. The van der Waals surface area contributed by atoms with Crippen molar-refractivity contribution in [1.29, 1.82) is 0 Å². The summed E-state index contributed by atoms with van der Waals surface area (Å²) in [6.07, 6.45) is 8.88. The highest BCUT2D eigenvalue weighted by Crippen LogP contribution is 2.22. The van der Waals surface area contributed by atoms with Gasteiger partial charge in [-0.1, -0.05) is 25.2 Å². The van der Waals surface area contributed by atoms with Crippen molar-refractivity contribution in [3.05, 3.63) is 40.1 Å². The number of amides is 1. The minimum Gasteiger partial charge on any atom is -0.465 e. The van der Waals surface area contributed by atoms with Crippen molar-refractivity contribution in [2.45, 2.75) is 45.3 Å². The molecule has 1 N–H and O–H groups in total. The highest BCUT2D eigenvalue weighted by atomic mass is 32.1. The van der Waals surface area contributed by atoms with Gasteiger partial charge in [-0.3, -0.25) is 4.79 Å². The predicted molar refractivity (Wildman–Crippen MR) is 112 cm³/mol. The van der Waals surface area contributed by atoms with Crippen molar-refractivity contribution >= 4 is 29.3 Å². The topological polar surface area (TPSA) is 66.8 Å². The largest absolute Gasteiger partial charge is 0.465 e. The first-order valence-electron chi connectivity index (χ1n) is 9.36. The lowest BCUT2D eigenvalue weighted by atomic mass is 10.00. The minimum atomic E-state index is -0.572. The Balaban J connectivity index is 1.94. The Morgan fingerprint density at radius 1 is 1.50 bits per heavy atom. The number of ether oxygens (including phenoxy) is 1. The molecule has 6 heteroatoms. The molecule has 1 aliphatic heterocycles. The van der Waals surface area contributed by atoms with Crippen LogP contribution in [-0.4, -0.2) is 47.7 Å². The predicted octanol–water partition coefficient (Wildman–Crippen LogP) is 3.51. The number of nitrogens with zero attached hydrogens (tertiary/aromatic N) is 1. The van der Waals surface area contributed by atoms with Crippen LogP contribution in [0.1, 0.15) is 47.7 Å². The molecule has 0 saturated carbocycles. The third-order valence-corrected chi connectivity index (χ3v) is 5.72. The van der Waals surface area contributed by atoms with Crippen LogP contribution in [0, 0.1) is 17.8 Å². The Labute approximate surface area is 170 Å². The summed E-state index contributed by atoms with van der Waals surface area (Å²) < 4.78 is 4.71. The minimum absolute atomic E-state index is 0.00905. The number of methoxy groups -OCH3 is 1. The first kappa shape index (κ1) is 21.9. The van der Waals surface area contributed by atoms with E-state index < -0.39 is 6.10 Å². The molecular formula is C22H27NO4S. The van der Waals surface area contributed by atoms with Crippen molar-refractivity contribution in [1.82, 2.24) is 4.90 Å². The lowest BCUT2D eigenvalue weighted by molar-refractivity contribution is -0.127. The zero-order chi connectivity index (χ0) is 20.5. The number of carbonyl (C=O) groups is 2. The van der Waals surface area contributed by atoms with Gasteiger partial charge in [0.05, 0.1) is 19.3 Å². The fraction of sp³-hybridized carbons (Fsp3) is 0.455. The number of aliphatic hydroxyl groups excluding tert-OH is 1. The number of likely N-dealkylation sites (tertiary alicyclic amines) is 1. The maximum atomic E-state index is 12.2. The summed E-state index contributed by atoms with van der Waals surface area (Å²) in [7, 11) is 1.36. The Morgan fingerprint density at radius 3 is 3.00 bits per heavy atom. The van der Waals surface area contributed by atoms with E-state index in [1.807, 2.05) is 36.1 Å². The summed E-state index contributed by atoms with van der Waals surface area (Å²) in [6, 6.07) is 3.58. The van der Waals surface area contributed by atoms with E-state index in [2.05, 4.69) is 11.8 Å². The van der Waals surface area contributed by atoms with Gasteiger partial charge in [0.2, 0.25) is 5.91 Å². The number of carbonyl (C=O) groups excluding carboxylic acids is 2. The molecule has 1 aliphatic rings. The van der Waals surface area contributed by atoms with Gasteiger partial charge in [0, 0.05) is 24.3 Å². The molecule has 0 aromatic carbocycles. The molecule has 0 unspecified atom stereocenters. The maximum absolute atomic E-state index is 12.2. The Morgan fingerprint density at radius 2 is 2.29 bits per heavy atom. The van der Waals surface area contributed by atoms with Gasteiger partial charge >= 0.3 is 5.97 Å². The Bertz CT molecular complexity index is 799. The van der Waals surface area contributed by atoms with Crippen LogP contribution in [0.5, 0.6) is 0 Å². The molecule has 150 valence electrons. The van der Waals surface area contributed by atoms with Crippen molar-refractivity contribution in [3.63, 3.8) is 0 Å². The standard InChI is InChI=1S/C22H27NO4S/c1-4-5-7-16(2)19(24)12-9-17-10-14-21(25)23(17)15-6-8-18-11-13-20(28-18)22(26)27-3/h6,8-9,11-13,16-17,19,24H,7,10,14-15H2,1-3H3/b8-6?,12-9-/t16-,17-,19-/m0/s1. The monoisotopic (exact) mass is 401 g/mol. The van der Waals surface area contributed by atoms with E-state index in [-0.39, 0.29) is 23.8 Å². The van der Waals surface area contributed by atoms with Crippen LogP contribution < -0.4 is 0 Å². The SMILES string of the molecule is CC#CC[C@H](C)[C@@H](O)/C=C\[C@H]1CCC(=O)N1CC=Cc1ccc(C(=O)OC)s1. The normalized spacial score (nSPS) is 19.1. The van der Waals surface area contributed by atoms with E-state index in [0.29, 0.717) is 24.3 Å². The second kappa shape index (κ2) is 10.8. The first-order valence-corrected chi connectivity index (χ1v) is 10.2. The first-order chi connectivity index (χ1) is 13.5. The summed E-state index contributed by atoms with van der Waals surface area (Å²) in [5, 5.41) is 10.2. The van der Waals surface area contributed by atoms with Gasteiger partial charge in [0.25, 0.3) is 0 Å². The fourth-order valence-corrected chi connectivity index (χ4v) is 3.80. The van der Waals surface area contributed by atoms with Crippen molar-refractivity contribution in [2.24, 2.45) is 5.92 Å². The second-order valence-electron chi connectivity index (χ2n) is 6.73. The van der Waals surface area contributed by atoms with E-state index in [4.69, 9.17) is 4.74 Å². The zero-order valence-electron chi connectivity index (χ0n) is 16.6. The maximum Gasteiger partial charge on any atom is 0.348 e. The highest BCUT2D eigenvalue weighted by molar-refractivity contribution is 7.14. The van der Waals surface area contributed by atoms with Crippen LogP contribution in [0.4, 0.5) is 0 Å².